The topological polar surface area (TPSA) is 95.4 Å². The molecule has 2 heterocycles. The molecule has 1 aliphatic heterocycles. The molecule has 1 aromatic rings. The van der Waals surface area contributed by atoms with E-state index in [9.17, 15) is 9.90 Å². The van der Waals surface area contributed by atoms with Gasteiger partial charge in [-0.1, -0.05) is 0 Å². The lowest BCUT2D eigenvalue weighted by Crippen LogP contribution is -2.24. The van der Waals surface area contributed by atoms with Gasteiger partial charge in [-0.15, -0.1) is 0 Å². The molecular formula is C10H14N2O4. The Bertz CT molecular complexity index is 431. The number of rotatable bonds is 2. The Morgan fingerprint density at radius 1 is 1.69 bits per heavy atom. The van der Waals surface area contributed by atoms with Crippen molar-refractivity contribution in [1.29, 1.82) is 0 Å². The third-order valence-electron chi connectivity index (χ3n) is 2.71. The van der Waals surface area contributed by atoms with Gasteiger partial charge in [-0.25, -0.2) is 4.98 Å². The van der Waals surface area contributed by atoms with Gasteiger partial charge in [-0.3, -0.25) is 4.79 Å². The van der Waals surface area contributed by atoms with Crippen molar-refractivity contribution in [2.45, 2.75) is 31.7 Å². The minimum absolute atomic E-state index is 0.222. The smallest absolute Gasteiger partial charge is 0.269 e. The summed E-state index contributed by atoms with van der Waals surface area (Å²) in [6.07, 6.45) is 0.224. The van der Waals surface area contributed by atoms with Crippen LogP contribution >= 0.6 is 0 Å². The van der Waals surface area contributed by atoms with Gasteiger partial charge < -0.3 is 19.9 Å². The Morgan fingerprint density at radius 3 is 3.00 bits per heavy atom. The number of aliphatic hydroxyl groups is 2. The van der Waals surface area contributed by atoms with E-state index in [2.05, 4.69) is 9.97 Å². The van der Waals surface area contributed by atoms with Crippen molar-refractivity contribution in [1.82, 2.24) is 9.97 Å². The Hall–Kier alpha value is -1.24. The molecule has 1 aliphatic rings. The molecule has 0 amide bonds. The maximum absolute atomic E-state index is 11.1. The van der Waals surface area contributed by atoms with Gasteiger partial charge >= 0.3 is 0 Å². The number of hydrogen-bond donors (Lipinski definition) is 3. The fourth-order valence-electron chi connectivity index (χ4n) is 1.77. The van der Waals surface area contributed by atoms with Crippen molar-refractivity contribution in [3.8, 4) is 0 Å². The van der Waals surface area contributed by atoms with Crippen LogP contribution < -0.4 is 5.56 Å². The van der Waals surface area contributed by atoms with Gasteiger partial charge in [0.25, 0.3) is 5.56 Å². The Balaban J connectivity index is 2.20. The van der Waals surface area contributed by atoms with Crippen molar-refractivity contribution in [3.05, 3.63) is 27.9 Å². The molecule has 3 atom stereocenters. The Labute approximate surface area is 91.9 Å². The molecule has 0 radical (unpaired) electrons. The standard InChI is InChI=1S/C10H14N2O4/c1-5-10(15)11-3-6(12-5)8-2-7(14)9(4-13)16-8/h3,7-9,13-14H,2,4H2,1H3,(H,11,15)/t7-,8-,9-/m1/s1. The Kier molecular flexibility index (Phi) is 3.04. The van der Waals surface area contributed by atoms with Crippen molar-refractivity contribution in [2.24, 2.45) is 0 Å². The second-order valence-electron chi connectivity index (χ2n) is 3.89. The lowest BCUT2D eigenvalue weighted by atomic mass is 10.1. The number of aromatic nitrogens is 2. The van der Waals surface area contributed by atoms with Gasteiger partial charge in [-0.05, 0) is 6.92 Å². The summed E-state index contributed by atoms with van der Waals surface area (Å²) in [5, 5.41) is 18.5. The van der Waals surface area contributed by atoms with Crippen molar-refractivity contribution in [3.63, 3.8) is 0 Å². The zero-order valence-corrected chi connectivity index (χ0v) is 8.88. The molecule has 0 spiro atoms. The molecule has 3 N–H and O–H groups in total. The number of aliphatic hydroxyl groups excluding tert-OH is 2. The van der Waals surface area contributed by atoms with Crippen LogP contribution in [-0.2, 0) is 4.74 Å². The first kappa shape index (κ1) is 11.3. The molecule has 1 saturated heterocycles. The maximum atomic E-state index is 11.1. The minimum Gasteiger partial charge on any atom is -0.394 e. The first-order valence-electron chi connectivity index (χ1n) is 5.12. The van der Waals surface area contributed by atoms with Gasteiger partial charge in [-0.2, -0.15) is 0 Å². The second-order valence-corrected chi connectivity index (χ2v) is 3.89. The van der Waals surface area contributed by atoms with E-state index >= 15 is 0 Å². The van der Waals surface area contributed by atoms with Crippen LogP contribution in [0.25, 0.3) is 0 Å². The molecule has 0 bridgehead atoms. The van der Waals surface area contributed by atoms with Gasteiger partial charge in [0.1, 0.15) is 17.9 Å². The van der Waals surface area contributed by atoms with Crippen LogP contribution in [0, 0.1) is 6.92 Å². The second kappa shape index (κ2) is 4.32. The van der Waals surface area contributed by atoms with Gasteiger partial charge in [0.05, 0.1) is 18.4 Å². The van der Waals surface area contributed by atoms with Crippen LogP contribution in [0.4, 0.5) is 0 Å². The summed E-state index contributed by atoms with van der Waals surface area (Å²) in [6.45, 7) is 1.39. The quantitative estimate of drug-likeness (QED) is 0.617. The largest absolute Gasteiger partial charge is 0.394 e. The van der Waals surface area contributed by atoms with E-state index in [-0.39, 0.29) is 18.3 Å². The van der Waals surface area contributed by atoms with Crippen LogP contribution in [0.1, 0.15) is 23.9 Å². The molecule has 16 heavy (non-hydrogen) atoms. The highest BCUT2D eigenvalue weighted by Crippen LogP contribution is 2.31. The molecule has 88 valence electrons. The van der Waals surface area contributed by atoms with E-state index in [1.807, 2.05) is 0 Å². The number of nitrogens with zero attached hydrogens (tertiary/aromatic N) is 1. The lowest BCUT2D eigenvalue weighted by molar-refractivity contribution is -0.0237. The van der Waals surface area contributed by atoms with Crippen LogP contribution in [0.3, 0.4) is 0 Å². The van der Waals surface area contributed by atoms with E-state index in [0.29, 0.717) is 17.8 Å². The van der Waals surface area contributed by atoms with Gasteiger partial charge in [0, 0.05) is 12.6 Å². The highest BCUT2D eigenvalue weighted by molar-refractivity contribution is 5.07. The van der Waals surface area contributed by atoms with E-state index in [4.69, 9.17) is 9.84 Å². The first-order chi connectivity index (χ1) is 7.61. The summed E-state index contributed by atoms with van der Waals surface area (Å²) in [5.41, 5.74) is 0.705. The fraction of sp³-hybridized carbons (Fsp3) is 0.600. The molecule has 2 rings (SSSR count). The van der Waals surface area contributed by atoms with Crippen LogP contribution in [-0.4, -0.2) is 39.0 Å². The highest BCUT2D eigenvalue weighted by atomic mass is 16.5. The molecule has 0 unspecified atom stereocenters. The number of aryl methyl sites for hydroxylation is 1. The van der Waals surface area contributed by atoms with Gasteiger partial charge in [0.2, 0.25) is 0 Å². The van der Waals surface area contributed by atoms with Crippen molar-refractivity contribution < 1.29 is 14.9 Å². The summed E-state index contributed by atoms with van der Waals surface area (Å²) in [7, 11) is 0. The minimum atomic E-state index is -0.691. The van der Waals surface area contributed by atoms with Crippen molar-refractivity contribution in [2.75, 3.05) is 6.61 Å². The number of ether oxygens (including phenoxy) is 1. The lowest BCUT2D eigenvalue weighted by Gasteiger charge is -2.11. The van der Waals surface area contributed by atoms with E-state index < -0.39 is 12.2 Å². The third kappa shape index (κ3) is 1.99. The van der Waals surface area contributed by atoms with E-state index in [0.717, 1.165) is 0 Å². The molecule has 1 fully saturated rings. The highest BCUT2D eigenvalue weighted by Gasteiger charge is 2.35. The normalized spacial score (nSPS) is 29.6. The Morgan fingerprint density at radius 2 is 2.44 bits per heavy atom. The maximum Gasteiger partial charge on any atom is 0.269 e. The summed E-state index contributed by atoms with van der Waals surface area (Å²) in [4.78, 5) is 17.8. The predicted octanol–water partition coefficient (Wildman–Crippen LogP) is -0.738. The molecule has 6 nitrogen and oxygen atoms in total. The molecule has 6 heteroatoms. The van der Waals surface area contributed by atoms with E-state index in [1.54, 1.807) is 6.92 Å². The molecular weight excluding hydrogens is 212 g/mol. The molecule has 1 aromatic heterocycles. The third-order valence-corrected chi connectivity index (χ3v) is 2.71. The fourth-order valence-corrected chi connectivity index (χ4v) is 1.77. The zero-order chi connectivity index (χ0) is 11.7. The monoisotopic (exact) mass is 226 g/mol. The molecule has 0 saturated carbocycles. The number of H-pyrrole nitrogens is 1. The average Bonchev–Trinajstić information content (AvgIpc) is 2.64. The average molecular weight is 226 g/mol. The summed E-state index contributed by atoms with van der Waals surface area (Å²) >= 11 is 0. The van der Waals surface area contributed by atoms with Crippen LogP contribution in [0.2, 0.25) is 0 Å². The summed E-state index contributed by atoms with van der Waals surface area (Å²) < 4.78 is 5.42. The number of nitrogens with one attached hydrogen (secondary N) is 1. The first-order valence-corrected chi connectivity index (χ1v) is 5.12. The van der Waals surface area contributed by atoms with E-state index in [1.165, 1.54) is 6.20 Å². The zero-order valence-electron chi connectivity index (χ0n) is 8.88. The van der Waals surface area contributed by atoms with Gasteiger partial charge in [0.15, 0.2) is 0 Å². The van der Waals surface area contributed by atoms with Crippen molar-refractivity contribution >= 4 is 0 Å². The predicted molar refractivity (Wildman–Crippen MR) is 54.9 cm³/mol. The molecule has 0 aliphatic carbocycles. The summed E-state index contributed by atoms with van der Waals surface area (Å²) in [6, 6.07) is 0. The summed E-state index contributed by atoms with van der Waals surface area (Å²) in [5.74, 6) is 0. The number of hydrogen-bond acceptors (Lipinski definition) is 5. The SMILES string of the molecule is Cc1nc([C@H]2C[C@@H](O)[C@@H](CO)O2)c[nH]c1=O. The molecule has 0 aromatic carbocycles. The number of aromatic amines is 1. The van der Waals surface area contributed by atoms with Crippen LogP contribution in [0.5, 0.6) is 0 Å². The van der Waals surface area contributed by atoms with Crippen LogP contribution in [0.15, 0.2) is 11.0 Å².